The van der Waals surface area contributed by atoms with E-state index in [1.165, 1.54) is 6.20 Å². The monoisotopic (exact) mass is 288 g/mol. The average Bonchev–Trinajstić information content (AvgIpc) is 2.56. The van der Waals surface area contributed by atoms with Gasteiger partial charge in [-0.25, -0.2) is 0 Å². The van der Waals surface area contributed by atoms with Gasteiger partial charge in [-0.1, -0.05) is 24.3 Å². The number of pyridine rings is 2. The molecule has 0 fully saturated rings. The molecule has 0 atom stereocenters. The lowest BCUT2D eigenvalue weighted by Gasteiger charge is -2.13. The minimum absolute atomic E-state index is 0.0327. The van der Waals surface area contributed by atoms with Gasteiger partial charge in [0.15, 0.2) is 0 Å². The van der Waals surface area contributed by atoms with Crippen molar-refractivity contribution in [3.8, 4) is 22.6 Å². The number of hydrogen-bond acceptors (Lipinski definition) is 4. The summed E-state index contributed by atoms with van der Waals surface area (Å²) in [7, 11) is 0. The van der Waals surface area contributed by atoms with E-state index in [1.807, 2.05) is 36.4 Å². The van der Waals surface area contributed by atoms with E-state index in [1.54, 1.807) is 18.3 Å². The van der Waals surface area contributed by atoms with Gasteiger partial charge in [0.1, 0.15) is 11.5 Å². The van der Waals surface area contributed by atoms with Gasteiger partial charge in [0.2, 0.25) is 0 Å². The van der Waals surface area contributed by atoms with Crippen molar-refractivity contribution >= 4 is 21.8 Å². The average molecular weight is 288 g/mol. The molecule has 106 valence electrons. The highest BCUT2D eigenvalue weighted by Gasteiger charge is 2.17. The predicted molar refractivity (Wildman–Crippen MR) is 85.8 cm³/mol. The van der Waals surface area contributed by atoms with Crippen molar-refractivity contribution < 1.29 is 10.2 Å². The maximum Gasteiger partial charge on any atom is 0.142 e. The molecule has 22 heavy (non-hydrogen) atoms. The number of aromatic nitrogens is 2. The summed E-state index contributed by atoms with van der Waals surface area (Å²) in [5, 5.41) is 22.3. The molecule has 0 unspecified atom stereocenters. The van der Waals surface area contributed by atoms with Crippen LogP contribution in [-0.4, -0.2) is 20.2 Å². The van der Waals surface area contributed by atoms with E-state index in [4.69, 9.17) is 0 Å². The molecule has 0 aliphatic heterocycles. The minimum atomic E-state index is 0.0327. The Balaban J connectivity index is 2.21. The van der Waals surface area contributed by atoms with Crippen LogP contribution in [0.25, 0.3) is 32.9 Å². The third-order valence-corrected chi connectivity index (χ3v) is 3.77. The van der Waals surface area contributed by atoms with Gasteiger partial charge in [0.25, 0.3) is 0 Å². The molecule has 0 aliphatic carbocycles. The first-order valence-electron chi connectivity index (χ1n) is 6.89. The lowest BCUT2D eigenvalue weighted by atomic mass is 9.96. The highest BCUT2D eigenvalue weighted by molar-refractivity contribution is 6.07. The Bertz CT molecular complexity index is 929. The third kappa shape index (κ3) is 1.78. The normalized spacial score (nSPS) is 11.1. The maximum atomic E-state index is 10.4. The van der Waals surface area contributed by atoms with Gasteiger partial charge in [-0.05, 0) is 24.3 Å². The van der Waals surface area contributed by atoms with E-state index < -0.39 is 0 Å². The van der Waals surface area contributed by atoms with Crippen LogP contribution >= 0.6 is 0 Å². The number of fused-ring (bicyclic) bond motifs is 2. The van der Waals surface area contributed by atoms with E-state index in [0.717, 1.165) is 21.8 Å². The standard InChI is InChI=1S/C18H12N2O2/c21-15-8-7-14-12(5-3-9-19-14)17(15)18-11-4-1-2-6-13(11)20-10-16(18)22/h1-10,21-22H. The molecular weight excluding hydrogens is 276 g/mol. The Labute approximate surface area is 126 Å². The zero-order chi connectivity index (χ0) is 15.1. The molecule has 2 aromatic carbocycles. The van der Waals surface area contributed by atoms with Crippen LogP contribution in [0.2, 0.25) is 0 Å². The van der Waals surface area contributed by atoms with Crippen LogP contribution in [-0.2, 0) is 0 Å². The summed E-state index contributed by atoms with van der Waals surface area (Å²) in [6, 6.07) is 14.6. The summed E-state index contributed by atoms with van der Waals surface area (Å²) in [5.74, 6) is 0.137. The molecule has 0 spiro atoms. The molecule has 2 N–H and O–H groups in total. The lowest BCUT2D eigenvalue weighted by molar-refractivity contribution is 0.469. The first-order chi connectivity index (χ1) is 10.8. The Morgan fingerprint density at radius 1 is 0.636 bits per heavy atom. The van der Waals surface area contributed by atoms with E-state index >= 15 is 0 Å². The molecule has 2 aromatic heterocycles. The van der Waals surface area contributed by atoms with E-state index in [0.29, 0.717) is 11.1 Å². The fourth-order valence-electron chi connectivity index (χ4n) is 2.80. The van der Waals surface area contributed by atoms with Crippen molar-refractivity contribution in [2.24, 2.45) is 0 Å². The second-order valence-corrected chi connectivity index (χ2v) is 5.07. The van der Waals surface area contributed by atoms with Crippen LogP contribution in [0.1, 0.15) is 0 Å². The van der Waals surface area contributed by atoms with E-state index in [-0.39, 0.29) is 11.5 Å². The van der Waals surface area contributed by atoms with Gasteiger partial charge < -0.3 is 10.2 Å². The van der Waals surface area contributed by atoms with Gasteiger partial charge in [0, 0.05) is 28.1 Å². The van der Waals surface area contributed by atoms with Crippen molar-refractivity contribution in [2.75, 3.05) is 0 Å². The van der Waals surface area contributed by atoms with Gasteiger partial charge >= 0.3 is 0 Å². The second-order valence-electron chi connectivity index (χ2n) is 5.07. The molecule has 0 saturated carbocycles. The zero-order valence-electron chi connectivity index (χ0n) is 11.6. The quantitative estimate of drug-likeness (QED) is 0.558. The molecular formula is C18H12N2O2. The number of aromatic hydroxyl groups is 2. The molecule has 4 rings (SSSR count). The van der Waals surface area contributed by atoms with E-state index in [2.05, 4.69) is 9.97 Å². The fraction of sp³-hybridized carbons (Fsp3) is 0. The molecule has 0 amide bonds. The topological polar surface area (TPSA) is 66.2 Å². The zero-order valence-corrected chi connectivity index (χ0v) is 11.6. The minimum Gasteiger partial charge on any atom is -0.507 e. The van der Waals surface area contributed by atoms with Crippen LogP contribution in [0.5, 0.6) is 11.5 Å². The predicted octanol–water partition coefficient (Wildman–Crippen LogP) is 3.86. The summed E-state index contributed by atoms with van der Waals surface area (Å²) >= 11 is 0. The van der Waals surface area contributed by atoms with Crippen molar-refractivity contribution in [1.82, 2.24) is 9.97 Å². The molecule has 4 heteroatoms. The van der Waals surface area contributed by atoms with Crippen molar-refractivity contribution in [3.63, 3.8) is 0 Å². The third-order valence-electron chi connectivity index (χ3n) is 3.77. The van der Waals surface area contributed by atoms with E-state index in [9.17, 15) is 10.2 Å². The number of phenols is 1. The van der Waals surface area contributed by atoms with Crippen LogP contribution in [0, 0.1) is 0 Å². The van der Waals surface area contributed by atoms with Crippen LogP contribution in [0.15, 0.2) is 60.9 Å². The molecule has 2 heterocycles. The van der Waals surface area contributed by atoms with Crippen LogP contribution < -0.4 is 0 Å². The SMILES string of the molecule is Oc1ccc2ncccc2c1-c1c(O)cnc2ccccc12. The largest absolute Gasteiger partial charge is 0.507 e. The molecule has 0 bridgehead atoms. The highest BCUT2D eigenvalue weighted by atomic mass is 16.3. The fourth-order valence-corrected chi connectivity index (χ4v) is 2.80. The maximum absolute atomic E-state index is 10.4. The highest BCUT2D eigenvalue weighted by Crippen LogP contribution is 2.43. The van der Waals surface area contributed by atoms with Gasteiger partial charge in [-0.3, -0.25) is 9.97 Å². The Morgan fingerprint density at radius 3 is 2.18 bits per heavy atom. The first-order valence-corrected chi connectivity index (χ1v) is 6.89. The molecule has 0 saturated heterocycles. The van der Waals surface area contributed by atoms with Gasteiger partial charge in [-0.15, -0.1) is 0 Å². The van der Waals surface area contributed by atoms with Gasteiger partial charge in [0.05, 0.1) is 17.2 Å². The molecule has 0 radical (unpaired) electrons. The second kappa shape index (κ2) is 4.70. The summed E-state index contributed by atoms with van der Waals surface area (Å²) < 4.78 is 0. The molecule has 4 nitrogen and oxygen atoms in total. The number of benzene rings is 2. The number of para-hydroxylation sites is 1. The molecule has 4 aromatic rings. The molecule has 0 aliphatic rings. The van der Waals surface area contributed by atoms with Crippen molar-refractivity contribution in [2.45, 2.75) is 0 Å². The lowest BCUT2D eigenvalue weighted by Crippen LogP contribution is -1.89. The summed E-state index contributed by atoms with van der Waals surface area (Å²) in [6.45, 7) is 0. The van der Waals surface area contributed by atoms with Crippen molar-refractivity contribution in [3.05, 3.63) is 60.9 Å². The number of phenolic OH excluding ortho intramolecular Hbond substituents is 1. The number of nitrogens with zero attached hydrogens (tertiary/aromatic N) is 2. The Hall–Kier alpha value is -3.14. The van der Waals surface area contributed by atoms with Gasteiger partial charge in [-0.2, -0.15) is 0 Å². The summed E-state index contributed by atoms with van der Waals surface area (Å²) in [4.78, 5) is 8.54. The number of rotatable bonds is 1. The van der Waals surface area contributed by atoms with Crippen molar-refractivity contribution in [1.29, 1.82) is 0 Å². The Morgan fingerprint density at radius 2 is 1.32 bits per heavy atom. The number of hydrogen-bond donors (Lipinski definition) is 2. The first kappa shape index (κ1) is 12.6. The smallest absolute Gasteiger partial charge is 0.142 e. The Kier molecular flexibility index (Phi) is 2.69. The van der Waals surface area contributed by atoms with Crippen LogP contribution in [0.4, 0.5) is 0 Å². The summed E-state index contributed by atoms with van der Waals surface area (Å²) in [5.41, 5.74) is 2.66. The summed E-state index contributed by atoms with van der Waals surface area (Å²) in [6.07, 6.45) is 3.11. The van der Waals surface area contributed by atoms with Crippen LogP contribution in [0.3, 0.4) is 0 Å².